The zero-order valence-electron chi connectivity index (χ0n) is 33.8. The second kappa shape index (κ2) is 12.9. The van der Waals surface area contributed by atoms with Crippen LogP contribution >= 0.6 is 0 Å². The molecule has 4 fully saturated rings. The van der Waals surface area contributed by atoms with Gasteiger partial charge in [0.2, 0.25) is 0 Å². The third-order valence-corrected chi connectivity index (χ3v) is 15.1. The minimum absolute atomic E-state index is 0.233. The first-order chi connectivity index (χ1) is 29.6. The van der Waals surface area contributed by atoms with Gasteiger partial charge in [-0.2, -0.15) is 0 Å². The predicted molar refractivity (Wildman–Crippen MR) is 250 cm³/mol. The topological polar surface area (TPSA) is 9.86 Å². The van der Waals surface area contributed by atoms with E-state index in [-0.39, 0.29) is 10.8 Å². The molecule has 2 nitrogen and oxygen atoms in total. The number of hydrogen-bond acceptors (Lipinski definition) is 0. The molecule has 0 amide bonds. The van der Waals surface area contributed by atoms with Gasteiger partial charge < -0.3 is 9.13 Å². The highest BCUT2D eigenvalue weighted by Crippen LogP contribution is 2.66. The van der Waals surface area contributed by atoms with Crippen LogP contribution in [0.3, 0.4) is 0 Å². The summed E-state index contributed by atoms with van der Waals surface area (Å²) in [7, 11) is 0. The molecule has 2 heteroatoms. The third-order valence-electron chi connectivity index (χ3n) is 15.1. The average molecular weight is 771 g/mol. The first-order valence-corrected chi connectivity index (χ1v) is 22.0. The van der Waals surface area contributed by atoms with Crippen molar-refractivity contribution in [3.63, 3.8) is 0 Å². The summed E-state index contributed by atoms with van der Waals surface area (Å²) in [6.07, 6.45) is 7.96. The lowest BCUT2D eigenvalue weighted by atomic mass is 9.41. The van der Waals surface area contributed by atoms with Crippen LogP contribution in [0, 0.1) is 11.8 Å². The summed E-state index contributed by atoms with van der Waals surface area (Å²) >= 11 is 0. The highest BCUT2D eigenvalue weighted by Gasteiger charge is 2.58. The van der Waals surface area contributed by atoms with Crippen molar-refractivity contribution < 1.29 is 0 Å². The van der Waals surface area contributed by atoms with Crippen molar-refractivity contribution in [1.29, 1.82) is 0 Å². The lowest BCUT2D eigenvalue weighted by Crippen LogP contribution is -2.55. The number of fused-ring (bicyclic) bond motifs is 6. The zero-order chi connectivity index (χ0) is 39.4. The molecule has 10 aromatic rings. The van der Waals surface area contributed by atoms with Crippen LogP contribution in [-0.4, -0.2) is 9.13 Å². The van der Waals surface area contributed by atoms with Crippen molar-refractivity contribution in [1.82, 2.24) is 9.13 Å². The summed E-state index contributed by atoms with van der Waals surface area (Å²) in [6.45, 7) is 0. The Labute approximate surface area is 351 Å². The molecule has 4 saturated carbocycles. The first-order valence-electron chi connectivity index (χ1n) is 22.0. The van der Waals surface area contributed by atoms with E-state index in [0.29, 0.717) is 0 Å². The molecule has 288 valence electrons. The van der Waals surface area contributed by atoms with Crippen molar-refractivity contribution in [2.45, 2.75) is 49.4 Å². The summed E-state index contributed by atoms with van der Waals surface area (Å²) in [5, 5.41) is 5.20. The zero-order valence-corrected chi connectivity index (χ0v) is 33.8. The number of rotatable bonds is 6. The molecular weight excluding hydrogens is 725 g/mol. The van der Waals surface area contributed by atoms with Crippen LogP contribution in [0.2, 0.25) is 0 Å². The molecule has 4 aliphatic rings. The Kier molecular flexibility index (Phi) is 7.38. The maximum Gasteiger partial charge on any atom is 0.0541 e. The molecule has 8 aromatic carbocycles. The third kappa shape index (κ3) is 5.00. The Balaban J connectivity index is 0.845. The number of aromatic nitrogens is 2. The van der Waals surface area contributed by atoms with Crippen LogP contribution < -0.4 is 0 Å². The van der Waals surface area contributed by atoms with Gasteiger partial charge in [-0.3, -0.25) is 0 Å². The van der Waals surface area contributed by atoms with Gasteiger partial charge >= 0.3 is 0 Å². The van der Waals surface area contributed by atoms with Gasteiger partial charge in [0, 0.05) is 32.7 Å². The standard InChI is InChI=1S/C58H46N2/c1-7-19-51(59-53-21-9-3-15-47(53)48-16-4-10-22-54(48)59)45(13-1)41-25-29-43(30-26-41)57-34-39-33-40(35-57)37-58(36-39,38-57)44-31-27-42(28-32-44)46-14-2-8-20-52(46)60-55-23-11-5-17-49(55)50-18-6-12-24-56(50)60/h1-32,39-40H,33-38H2. The molecule has 0 spiro atoms. The Hall–Kier alpha value is -6.64. The molecule has 4 bridgehead atoms. The van der Waals surface area contributed by atoms with Gasteiger partial charge in [-0.15, -0.1) is 0 Å². The van der Waals surface area contributed by atoms with Crippen LogP contribution in [0.1, 0.15) is 49.7 Å². The largest absolute Gasteiger partial charge is 0.309 e. The van der Waals surface area contributed by atoms with Gasteiger partial charge in [-0.05, 0) is 120 Å². The van der Waals surface area contributed by atoms with Crippen molar-refractivity contribution in [2.75, 3.05) is 0 Å². The van der Waals surface area contributed by atoms with Gasteiger partial charge in [0.25, 0.3) is 0 Å². The summed E-state index contributed by atoms with van der Waals surface area (Å²) in [5.74, 6) is 1.58. The van der Waals surface area contributed by atoms with Crippen molar-refractivity contribution in [3.05, 3.63) is 205 Å². The Morgan fingerprint density at radius 2 is 0.650 bits per heavy atom. The molecule has 4 aliphatic carbocycles. The van der Waals surface area contributed by atoms with E-state index in [1.165, 1.54) is 116 Å². The normalized spacial score (nSPS) is 22.1. The number of nitrogens with zero attached hydrogens (tertiary/aromatic N) is 2. The molecule has 0 atom stereocenters. The molecule has 2 heterocycles. The SMILES string of the molecule is c1ccc(-n2c3ccccc3c3ccccc32)c(-c2ccc(C34CC5CC(C3)CC(c3ccc(-c6ccccc6-n6c7ccccc7c7ccccc76)cc3)(C5)C4)cc2)c1. The number of para-hydroxylation sites is 6. The van der Waals surface area contributed by atoms with Crippen LogP contribution in [0.25, 0.3) is 77.2 Å². The fraction of sp³-hybridized carbons (Fsp3) is 0.172. The van der Waals surface area contributed by atoms with E-state index in [4.69, 9.17) is 0 Å². The minimum Gasteiger partial charge on any atom is -0.309 e. The van der Waals surface area contributed by atoms with E-state index in [0.717, 1.165) is 11.8 Å². The molecule has 2 aromatic heterocycles. The van der Waals surface area contributed by atoms with E-state index in [1.54, 1.807) is 11.1 Å². The number of benzene rings is 8. The second-order valence-corrected chi connectivity index (χ2v) is 18.5. The van der Waals surface area contributed by atoms with Gasteiger partial charge in [-0.1, -0.05) is 158 Å². The van der Waals surface area contributed by atoms with Crippen LogP contribution in [0.15, 0.2) is 194 Å². The van der Waals surface area contributed by atoms with E-state index < -0.39 is 0 Å². The molecule has 0 radical (unpaired) electrons. The Bertz CT molecular complexity index is 2950. The minimum atomic E-state index is 0.233. The summed E-state index contributed by atoms with van der Waals surface area (Å²) in [4.78, 5) is 0. The van der Waals surface area contributed by atoms with Crippen molar-refractivity contribution in [3.8, 4) is 33.6 Å². The highest BCUT2D eigenvalue weighted by atomic mass is 15.0. The smallest absolute Gasteiger partial charge is 0.0541 e. The number of hydrogen-bond donors (Lipinski definition) is 0. The maximum atomic E-state index is 2.51. The lowest BCUT2D eigenvalue weighted by Gasteiger charge is -2.63. The average Bonchev–Trinajstić information content (AvgIpc) is 3.82. The Morgan fingerprint density at radius 3 is 1.02 bits per heavy atom. The highest BCUT2D eigenvalue weighted by molar-refractivity contribution is 6.10. The van der Waals surface area contributed by atoms with Crippen LogP contribution in [0.4, 0.5) is 0 Å². The maximum absolute atomic E-state index is 2.51. The molecule has 60 heavy (non-hydrogen) atoms. The summed E-state index contributed by atoms with van der Waals surface area (Å²) < 4.78 is 4.93. The quantitative estimate of drug-likeness (QED) is 0.159. The molecule has 0 aliphatic heterocycles. The lowest BCUT2D eigenvalue weighted by molar-refractivity contribution is -0.0281. The molecular formula is C58H46N2. The van der Waals surface area contributed by atoms with Gasteiger partial charge in [-0.25, -0.2) is 0 Å². The van der Waals surface area contributed by atoms with Crippen LogP contribution in [-0.2, 0) is 10.8 Å². The molecule has 0 saturated heterocycles. The van der Waals surface area contributed by atoms with Crippen molar-refractivity contribution >= 4 is 43.6 Å². The van der Waals surface area contributed by atoms with E-state index >= 15 is 0 Å². The van der Waals surface area contributed by atoms with Gasteiger partial charge in [0.05, 0.1) is 33.4 Å². The van der Waals surface area contributed by atoms with E-state index in [2.05, 4.69) is 203 Å². The van der Waals surface area contributed by atoms with Gasteiger partial charge in [0.15, 0.2) is 0 Å². The van der Waals surface area contributed by atoms with E-state index in [9.17, 15) is 0 Å². The second-order valence-electron chi connectivity index (χ2n) is 18.5. The fourth-order valence-corrected chi connectivity index (χ4v) is 13.1. The van der Waals surface area contributed by atoms with Gasteiger partial charge in [0.1, 0.15) is 0 Å². The monoisotopic (exact) mass is 770 g/mol. The fourth-order valence-electron chi connectivity index (χ4n) is 13.1. The summed E-state index contributed by atoms with van der Waals surface area (Å²) in [6, 6.07) is 73.0. The molecule has 14 rings (SSSR count). The molecule has 0 N–H and O–H groups in total. The van der Waals surface area contributed by atoms with Crippen LogP contribution in [0.5, 0.6) is 0 Å². The predicted octanol–water partition coefficient (Wildman–Crippen LogP) is 15.0. The summed E-state index contributed by atoms with van der Waals surface area (Å²) in [5.41, 5.74) is 16.2. The first kappa shape index (κ1) is 34.2. The van der Waals surface area contributed by atoms with E-state index in [1.807, 2.05) is 0 Å². The Morgan fingerprint density at radius 1 is 0.333 bits per heavy atom. The van der Waals surface area contributed by atoms with Crippen molar-refractivity contribution in [2.24, 2.45) is 11.8 Å². The molecule has 0 unspecified atom stereocenters.